The first kappa shape index (κ1) is 21.2. The maximum Gasteiger partial charge on any atom is 0.235 e. The van der Waals surface area contributed by atoms with E-state index in [0.29, 0.717) is 27.6 Å². The van der Waals surface area contributed by atoms with Crippen LogP contribution in [-0.4, -0.2) is 11.7 Å². The Morgan fingerprint density at radius 3 is 2.69 bits per heavy atom. The Morgan fingerprint density at radius 2 is 1.91 bits per heavy atom. The third-order valence-electron chi connectivity index (χ3n) is 6.84. The molecule has 162 valence electrons. The summed E-state index contributed by atoms with van der Waals surface area (Å²) in [6.45, 7) is 1.84. The van der Waals surface area contributed by atoms with E-state index in [1.54, 1.807) is 24.3 Å². The molecular formula is C26H20Cl2FNO2. The summed E-state index contributed by atoms with van der Waals surface area (Å²) in [7, 11) is 0. The van der Waals surface area contributed by atoms with Crippen LogP contribution in [0.5, 0.6) is 0 Å². The Morgan fingerprint density at radius 1 is 1.09 bits per heavy atom. The van der Waals surface area contributed by atoms with Crippen molar-refractivity contribution in [3.63, 3.8) is 0 Å². The lowest BCUT2D eigenvalue weighted by Crippen LogP contribution is -2.43. The number of ketones is 1. The summed E-state index contributed by atoms with van der Waals surface area (Å²) in [6, 6.07) is 11.7. The number of aryl methyl sites for hydroxylation is 1. The molecule has 6 heteroatoms. The molecule has 1 amide bonds. The molecule has 0 aromatic heterocycles. The van der Waals surface area contributed by atoms with Gasteiger partial charge in [-0.25, -0.2) is 4.39 Å². The van der Waals surface area contributed by atoms with E-state index in [-0.39, 0.29) is 24.0 Å². The van der Waals surface area contributed by atoms with Crippen molar-refractivity contribution in [1.82, 2.24) is 5.32 Å². The SMILES string of the molecule is Cc1ccc(F)cc1C1=C[C@@]2(C(=O)NC3=CC(Cl)=CCC32)[C@H](c2cccc(Cl)c2)CC1=O. The van der Waals surface area contributed by atoms with Crippen LogP contribution in [0.4, 0.5) is 4.39 Å². The summed E-state index contributed by atoms with van der Waals surface area (Å²) < 4.78 is 14.1. The van der Waals surface area contributed by atoms with Crippen molar-refractivity contribution >= 4 is 40.5 Å². The molecule has 3 aliphatic rings. The van der Waals surface area contributed by atoms with Crippen molar-refractivity contribution in [3.05, 3.63) is 99.0 Å². The Hall–Kier alpha value is -2.69. The normalized spacial score (nSPS) is 26.9. The maximum absolute atomic E-state index is 14.1. The molecular weight excluding hydrogens is 448 g/mol. The molecule has 2 aliphatic carbocycles. The number of hydrogen-bond acceptors (Lipinski definition) is 2. The monoisotopic (exact) mass is 467 g/mol. The van der Waals surface area contributed by atoms with Gasteiger partial charge in [0, 0.05) is 39.6 Å². The van der Waals surface area contributed by atoms with Gasteiger partial charge < -0.3 is 5.32 Å². The number of fused-ring (bicyclic) bond motifs is 2. The third-order valence-corrected chi connectivity index (χ3v) is 7.33. The molecule has 1 heterocycles. The van der Waals surface area contributed by atoms with Gasteiger partial charge in [0.2, 0.25) is 5.91 Å². The molecule has 5 rings (SSSR count). The zero-order valence-electron chi connectivity index (χ0n) is 17.3. The standard InChI is InChI=1S/C26H20Cl2FNO2/c1-14-5-7-18(29)11-19(14)20-13-26(21-8-6-17(28)10-23(21)30-25(26)32)22(12-24(20)31)15-3-2-4-16(27)9-15/h2-7,9-11,13,21-22H,8,12H2,1H3,(H,30,32)/t21?,22-,26-/m0/s1. The van der Waals surface area contributed by atoms with Gasteiger partial charge in [-0.1, -0.05) is 53.6 Å². The Labute approximate surface area is 195 Å². The van der Waals surface area contributed by atoms with Crippen molar-refractivity contribution in [2.45, 2.75) is 25.7 Å². The summed E-state index contributed by atoms with van der Waals surface area (Å²) in [5.74, 6) is -1.35. The van der Waals surface area contributed by atoms with Gasteiger partial charge in [-0.3, -0.25) is 9.59 Å². The van der Waals surface area contributed by atoms with Crippen molar-refractivity contribution in [2.24, 2.45) is 11.3 Å². The number of allylic oxidation sites excluding steroid dienone is 5. The number of benzene rings is 2. The lowest BCUT2D eigenvalue weighted by molar-refractivity contribution is -0.128. The largest absolute Gasteiger partial charge is 0.329 e. The van der Waals surface area contributed by atoms with E-state index >= 15 is 0 Å². The topological polar surface area (TPSA) is 46.2 Å². The van der Waals surface area contributed by atoms with Gasteiger partial charge >= 0.3 is 0 Å². The molecule has 1 fully saturated rings. The van der Waals surface area contributed by atoms with E-state index in [1.807, 2.05) is 31.2 Å². The van der Waals surface area contributed by atoms with Crippen LogP contribution in [0.3, 0.4) is 0 Å². The van der Waals surface area contributed by atoms with Crippen LogP contribution in [0.15, 0.2) is 71.4 Å². The van der Waals surface area contributed by atoms with Crippen molar-refractivity contribution in [1.29, 1.82) is 0 Å². The molecule has 3 nitrogen and oxygen atoms in total. The lowest BCUT2D eigenvalue weighted by Gasteiger charge is -2.41. The molecule has 3 atom stereocenters. The van der Waals surface area contributed by atoms with Crippen molar-refractivity contribution in [2.75, 3.05) is 0 Å². The van der Waals surface area contributed by atoms with Gasteiger partial charge in [-0.05, 0) is 60.4 Å². The number of halogens is 3. The molecule has 1 aliphatic heterocycles. The summed E-state index contributed by atoms with van der Waals surface area (Å²) in [5.41, 5.74) is 2.24. The van der Waals surface area contributed by atoms with Crippen molar-refractivity contribution < 1.29 is 14.0 Å². The van der Waals surface area contributed by atoms with Gasteiger partial charge in [-0.2, -0.15) is 0 Å². The van der Waals surface area contributed by atoms with Gasteiger partial charge in [-0.15, -0.1) is 0 Å². The lowest BCUT2D eigenvalue weighted by atomic mass is 9.58. The first-order chi connectivity index (χ1) is 15.3. The molecule has 1 saturated heterocycles. The summed E-state index contributed by atoms with van der Waals surface area (Å²) in [5, 5.41) is 4.13. The Bertz CT molecular complexity index is 1260. The predicted octanol–water partition coefficient (Wildman–Crippen LogP) is 6.07. The highest BCUT2D eigenvalue weighted by molar-refractivity contribution is 6.31. The molecule has 1 N–H and O–H groups in total. The Kier molecular flexibility index (Phi) is 5.11. The fraction of sp³-hybridized carbons (Fsp3) is 0.231. The highest BCUT2D eigenvalue weighted by Crippen LogP contribution is 2.58. The molecule has 1 unspecified atom stereocenters. The zero-order valence-corrected chi connectivity index (χ0v) is 18.8. The average molecular weight is 468 g/mol. The van der Waals surface area contributed by atoms with E-state index in [9.17, 15) is 14.0 Å². The maximum atomic E-state index is 14.1. The van der Waals surface area contributed by atoms with E-state index < -0.39 is 17.2 Å². The molecule has 0 saturated carbocycles. The highest BCUT2D eigenvalue weighted by Gasteiger charge is 2.59. The number of carbonyl (C=O) groups is 2. The van der Waals surface area contributed by atoms with Gasteiger partial charge in [0.05, 0.1) is 5.41 Å². The van der Waals surface area contributed by atoms with E-state index in [0.717, 1.165) is 16.8 Å². The molecule has 0 radical (unpaired) electrons. The highest BCUT2D eigenvalue weighted by atomic mass is 35.5. The van der Waals surface area contributed by atoms with E-state index in [2.05, 4.69) is 5.32 Å². The minimum atomic E-state index is -1.02. The number of nitrogens with one attached hydrogen (secondary N) is 1. The van der Waals surface area contributed by atoms with E-state index in [4.69, 9.17) is 23.2 Å². The zero-order chi connectivity index (χ0) is 22.6. The van der Waals surface area contributed by atoms with Crippen LogP contribution in [0.1, 0.15) is 35.4 Å². The van der Waals surface area contributed by atoms with Crippen LogP contribution in [0, 0.1) is 24.1 Å². The van der Waals surface area contributed by atoms with Crippen LogP contribution in [0.2, 0.25) is 5.02 Å². The minimum Gasteiger partial charge on any atom is -0.329 e. The molecule has 0 bridgehead atoms. The second kappa shape index (κ2) is 7.72. The quantitative estimate of drug-likeness (QED) is 0.582. The smallest absolute Gasteiger partial charge is 0.235 e. The van der Waals surface area contributed by atoms with E-state index in [1.165, 1.54) is 12.1 Å². The third kappa shape index (κ3) is 3.25. The van der Waals surface area contributed by atoms with Crippen LogP contribution < -0.4 is 5.32 Å². The molecule has 1 spiro atoms. The summed E-state index contributed by atoms with van der Waals surface area (Å²) in [4.78, 5) is 27.0. The second-order valence-corrected chi connectivity index (χ2v) is 9.49. The van der Waals surface area contributed by atoms with Gasteiger partial charge in [0.15, 0.2) is 5.78 Å². The summed E-state index contributed by atoms with van der Waals surface area (Å²) >= 11 is 12.5. The number of hydrogen-bond donors (Lipinski definition) is 1. The first-order valence-electron chi connectivity index (χ1n) is 10.5. The molecule has 2 aromatic carbocycles. The second-order valence-electron chi connectivity index (χ2n) is 8.62. The number of rotatable bonds is 2. The number of Topliss-reactive ketones (excluding diaryl/α,β-unsaturated/α-hetero) is 1. The van der Waals surface area contributed by atoms with Crippen LogP contribution >= 0.6 is 23.2 Å². The number of amides is 1. The molecule has 2 aromatic rings. The fourth-order valence-corrected chi connectivity index (χ4v) is 5.72. The van der Waals surface area contributed by atoms with Gasteiger partial charge in [0.1, 0.15) is 5.82 Å². The fourth-order valence-electron chi connectivity index (χ4n) is 5.32. The van der Waals surface area contributed by atoms with Gasteiger partial charge in [0.25, 0.3) is 0 Å². The Balaban J connectivity index is 1.76. The molecule has 32 heavy (non-hydrogen) atoms. The van der Waals surface area contributed by atoms with Crippen molar-refractivity contribution in [3.8, 4) is 0 Å². The summed E-state index contributed by atoms with van der Waals surface area (Å²) in [6.07, 6.45) is 6.12. The average Bonchev–Trinajstić information content (AvgIpc) is 3.02. The predicted molar refractivity (Wildman–Crippen MR) is 124 cm³/mol. The minimum absolute atomic E-state index is 0.121. The first-order valence-corrected chi connectivity index (χ1v) is 11.2. The van der Waals surface area contributed by atoms with Crippen LogP contribution in [0.25, 0.3) is 5.57 Å². The number of carbonyl (C=O) groups excluding carboxylic acids is 2. The van der Waals surface area contributed by atoms with Crippen LogP contribution in [-0.2, 0) is 9.59 Å².